The van der Waals surface area contributed by atoms with Crippen molar-refractivity contribution < 1.29 is 17.2 Å². The molecule has 0 radical (unpaired) electrons. The molecule has 0 atom stereocenters. The van der Waals surface area contributed by atoms with Gasteiger partial charge in [-0.3, -0.25) is 4.72 Å². The molecule has 21 heavy (non-hydrogen) atoms. The summed E-state index contributed by atoms with van der Waals surface area (Å²) >= 11 is 6.67. The summed E-state index contributed by atoms with van der Waals surface area (Å²) in [4.78, 5) is 0. The first-order chi connectivity index (χ1) is 9.83. The van der Waals surface area contributed by atoms with Crippen LogP contribution < -0.4 is 10.0 Å². The highest BCUT2D eigenvalue weighted by atomic mass is 35.5. The molecule has 2 N–H and O–H groups in total. The molecule has 0 saturated carbocycles. The second-order valence-corrected chi connectivity index (χ2v) is 7.38. The van der Waals surface area contributed by atoms with Gasteiger partial charge >= 0.3 is 0 Å². The number of rotatable bonds is 5. The van der Waals surface area contributed by atoms with Gasteiger partial charge in [-0.25, -0.2) is 17.2 Å². The summed E-state index contributed by atoms with van der Waals surface area (Å²) in [7, 11) is -2.24. The van der Waals surface area contributed by atoms with Gasteiger partial charge in [0, 0.05) is 12.6 Å². The number of halogens is 3. The van der Waals surface area contributed by atoms with E-state index >= 15 is 0 Å². The summed E-state index contributed by atoms with van der Waals surface area (Å²) < 4.78 is 53.0. The van der Waals surface area contributed by atoms with Crippen molar-refractivity contribution in [3.63, 3.8) is 0 Å². The summed E-state index contributed by atoms with van der Waals surface area (Å²) in [6.45, 7) is 0.512. The topological polar surface area (TPSA) is 58.2 Å². The lowest BCUT2D eigenvalue weighted by molar-refractivity contribution is 0.583. The Morgan fingerprint density at radius 1 is 1.29 bits per heavy atom. The van der Waals surface area contributed by atoms with Gasteiger partial charge in [0.2, 0.25) is 0 Å². The van der Waals surface area contributed by atoms with Gasteiger partial charge in [-0.05, 0) is 30.1 Å². The van der Waals surface area contributed by atoms with E-state index in [-0.39, 0.29) is 9.23 Å². The quantitative estimate of drug-likeness (QED) is 0.868. The zero-order valence-electron chi connectivity index (χ0n) is 10.8. The third kappa shape index (κ3) is 3.70. The summed E-state index contributed by atoms with van der Waals surface area (Å²) in [5, 5.41) is 4.22. The van der Waals surface area contributed by atoms with Crippen molar-refractivity contribution in [1.82, 2.24) is 5.32 Å². The van der Waals surface area contributed by atoms with Gasteiger partial charge in [0.15, 0.2) is 5.82 Å². The Balaban J connectivity index is 2.33. The molecule has 1 aromatic carbocycles. The van der Waals surface area contributed by atoms with Crippen LogP contribution in [-0.4, -0.2) is 15.5 Å². The van der Waals surface area contributed by atoms with Gasteiger partial charge in [0.1, 0.15) is 15.7 Å². The molecule has 0 saturated heterocycles. The minimum atomic E-state index is -3.97. The van der Waals surface area contributed by atoms with Crippen molar-refractivity contribution in [2.45, 2.75) is 10.8 Å². The highest BCUT2D eigenvalue weighted by Gasteiger charge is 2.21. The average Bonchev–Trinajstić information content (AvgIpc) is 2.84. The molecule has 9 heteroatoms. The van der Waals surface area contributed by atoms with E-state index < -0.39 is 27.3 Å². The Kier molecular flexibility index (Phi) is 4.82. The summed E-state index contributed by atoms with van der Waals surface area (Å²) in [6, 6.07) is 2.87. The van der Waals surface area contributed by atoms with Crippen LogP contribution in [0.2, 0.25) is 5.02 Å². The molecule has 0 fully saturated rings. The van der Waals surface area contributed by atoms with Gasteiger partial charge in [0.05, 0.1) is 5.02 Å². The minimum Gasteiger partial charge on any atom is -0.316 e. The Hall–Kier alpha value is -1.22. The molecule has 0 spiro atoms. The molecule has 114 valence electrons. The van der Waals surface area contributed by atoms with Gasteiger partial charge in [-0.15, -0.1) is 11.3 Å². The van der Waals surface area contributed by atoms with Gasteiger partial charge in [-0.1, -0.05) is 11.6 Å². The fourth-order valence-corrected chi connectivity index (χ4v) is 4.21. The lowest BCUT2D eigenvalue weighted by Gasteiger charge is -2.09. The molecular formula is C12H11ClF2N2O2S2. The molecule has 2 aromatic rings. The van der Waals surface area contributed by atoms with Crippen LogP contribution >= 0.6 is 22.9 Å². The number of anilines is 1. The van der Waals surface area contributed by atoms with E-state index in [0.29, 0.717) is 12.6 Å². The maximum Gasteiger partial charge on any atom is 0.271 e. The minimum absolute atomic E-state index is 0.0209. The van der Waals surface area contributed by atoms with Crippen molar-refractivity contribution in [3.05, 3.63) is 45.8 Å². The van der Waals surface area contributed by atoms with E-state index in [1.54, 1.807) is 12.4 Å². The molecule has 0 aliphatic rings. The summed E-state index contributed by atoms with van der Waals surface area (Å²) in [5.41, 5.74) is 0.315. The number of sulfonamides is 1. The van der Waals surface area contributed by atoms with Crippen molar-refractivity contribution in [2.24, 2.45) is 0 Å². The van der Waals surface area contributed by atoms with Crippen molar-refractivity contribution >= 4 is 38.6 Å². The van der Waals surface area contributed by atoms with Crippen molar-refractivity contribution in [1.29, 1.82) is 0 Å². The fraction of sp³-hybridized carbons (Fsp3) is 0.167. The molecule has 4 nitrogen and oxygen atoms in total. The first kappa shape index (κ1) is 16.2. The number of benzene rings is 1. The van der Waals surface area contributed by atoms with Crippen LogP contribution in [0.5, 0.6) is 0 Å². The third-order valence-electron chi connectivity index (χ3n) is 2.52. The number of hydrogen-bond donors (Lipinski definition) is 2. The van der Waals surface area contributed by atoms with Gasteiger partial charge < -0.3 is 5.32 Å². The Bertz CT molecular complexity index is 739. The number of thiophene rings is 1. The van der Waals surface area contributed by atoms with Crippen LogP contribution in [0.25, 0.3) is 0 Å². The van der Waals surface area contributed by atoms with Crippen LogP contribution in [0.15, 0.2) is 27.8 Å². The number of nitrogens with one attached hydrogen (secondary N) is 2. The van der Waals surface area contributed by atoms with Crippen molar-refractivity contribution in [2.75, 3.05) is 11.8 Å². The molecule has 0 aliphatic carbocycles. The van der Waals surface area contributed by atoms with E-state index in [4.69, 9.17) is 11.6 Å². The first-order valence-electron chi connectivity index (χ1n) is 5.73. The predicted octanol–water partition coefficient (Wildman–Crippen LogP) is 3.20. The molecule has 1 aromatic heterocycles. The second kappa shape index (κ2) is 6.27. The van der Waals surface area contributed by atoms with Crippen LogP contribution in [0.1, 0.15) is 5.56 Å². The highest BCUT2D eigenvalue weighted by molar-refractivity contribution is 7.94. The van der Waals surface area contributed by atoms with E-state index in [9.17, 15) is 17.2 Å². The summed E-state index contributed by atoms with van der Waals surface area (Å²) in [5.74, 6) is -1.96. The van der Waals surface area contributed by atoms with Crippen LogP contribution in [0.4, 0.5) is 14.5 Å². The van der Waals surface area contributed by atoms with Crippen LogP contribution in [-0.2, 0) is 16.6 Å². The predicted molar refractivity (Wildman–Crippen MR) is 79.3 cm³/mol. The molecule has 1 heterocycles. The van der Waals surface area contributed by atoms with Crippen molar-refractivity contribution in [3.8, 4) is 0 Å². The Labute approximate surface area is 129 Å². The zero-order valence-corrected chi connectivity index (χ0v) is 13.2. The molecule has 2 rings (SSSR count). The lowest BCUT2D eigenvalue weighted by Crippen LogP contribution is -2.13. The molecule has 0 bridgehead atoms. The maximum absolute atomic E-state index is 13.6. The van der Waals surface area contributed by atoms with Gasteiger partial charge in [-0.2, -0.15) is 0 Å². The van der Waals surface area contributed by atoms with Gasteiger partial charge in [0.25, 0.3) is 10.0 Å². The zero-order chi connectivity index (χ0) is 15.6. The van der Waals surface area contributed by atoms with E-state index in [0.717, 1.165) is 23.0 Å². The Morgan fingerprint density at radius 3 is 2.62 bits per heavy atom. The average molecular weight is 353 g/mol. The van der Waals surface area contributed by atoms with E-state index in [2.05, 4.69) is 5.32 Å². The summed E-state index contributed by atoms with van der Waals surface area (Å²) in [6.07, 6.45) is 0. The number of hydrogen-bond acceptors (Lipinski definition) is 4. The molecule has 0 amide bonds. The third-order valence-corrected chi connectivity index (χ3v) is 5.65. The van der Waals surface area contributed by atoms with E-state index in [1.807, 2.05) is 4.72 Å². The van der Waals surface area contributed by atoms with Crippen LogP contribution in [0.3, 0.4) is 0 Å². The SMILES string of the molecule is CNCc1csc(S(=O)(=O)Nc2c(F)cc(F)cc2Cl)c1. The molecule has 0 aliphatic heterocycles. The lowest BCUT2D eigenvalue weighted by atomic mass is 10.3. The van der Waals surface area contributed by atoms with Crippen LogP contribution in [0, 0.1) is 11.6 Å². The molecular weight excluding hydrogens is 342 g/mol. The highest BCUT2D eigenvalue weighted by Crippen LogP contribution is 2.30. The monoisotopic (exact) mass is 352 g/mol. The largest absolute Gasteiger partial charge is 0.316 e. The Morgan fingerprint density at radius 2 is 2.00 bits per heavy atom. The second-order valence-electron chi connectivity index (χ2n) is 4.15. The smallest absolute Gasteiger partial charge is 0.271 e. The normalized spacial score (nSPS) is 11.6. The maximum atomic E-state index is 13.6. The fourth-order valence-electron chi connectivity index (χ4n) is 1.62. The van der Waals surface area contributed by atoms with E-state index in [1.165, 1.54) is 6.07 Å². The standard InChI is InChI=1S/C12H11ClF2N2O2S2/c1-16-5-7-2-11(20-6-7)21(18,19)17-12-9(13)3-8(14)4-10(12)15/h2-4,6,16-17H,5H2,1H3. The first-order valence-corrected chi connectivity index (χ1v) is 8.47. The molecule has 0 unspecified atom stereocenters.